The zero-order valence-corrected chi connectivity index (χ0v) is 15.7. The Morgan fingerprint density at radius 1 is 1.48 bits per heavy atom. The lowest BCUT2D eigenvalue weighted by molar-refractivity contribution is -0.202. The minimum Gasteiger partial charge on any atom is -0.373 e. The molecule has 25 heavy (non-hydrogen) atoms. The van der Waals surface area contributed by atoms with Crippen LogP contribution < -0.4 is 0 Å². The number of amides is 1. The van der Waals surface area contributed by atoms with Crippen LogP contribution >= 0.6 is 0 Å². The Morgan fingerprint density at radius 3 is 3.00 bits per heavy atom. The first-order chi connectivity index (χ1) is 12.0. The lowest BCUT2D eigenvalue weighted by atomic mass is 9.84. The minimum absolute atomic E-state index is 0.180. The standard InChI is InChI=1S/C20H30N2O3/c1-15(2)4-5-19(23)22-13-20(14-22)10-18(7-9-25-20)24-12-17-11-21-8-6-16(17)3/h6,8,11,15,18H,4-5,7,9-10,12-14H2,1-3H3/t18-/m1/s1. The summed E-state index contributed by atoms with van der Waals surface area (Å²) in [5.74, 6) is 0.829. The predicted octanol–water partition coefficient (Wildman–Crippen LogP) is 3.10. The Hall–Kier alpha value is -1.46. The topological polar surface area (TPSA) is 51.7 Å². The van der Waals surface area contributed by atoms with Crippen molar-refractivity contribution in [3.05, 3.63) is 29.6 Å². The number of ether oxygens (including phenoxy) is 2. The SMILES string of the molecule is Cc1ccncc1CO[C@@H]1CCOC2(C1)CN(C(=O)CCC(C)C)C2. The second-order valence-corrected chi connectivity index (χ2v) is 7.94. The largest absolute Gasteiger partial charge is 0.373 e. The summed E-state index contributed by atoms with van der Waals surface area (Å²) >= 11 is 0. The number of pyridine rings is 1. The number of likely N-dealkylation sites (tertiary alicyclic amines) is 1. The summed E-state index contributed by atoms with van der Waals surface area (Å²) in [4.78, 5) is 18.3. The molecule has 1 amide bonds. The van der Waals surface area contributed by atoms with Crippen molar-refractivity contribution in [2.45, 2.75) is 64.8 Å². The van der Waals surface area contributed by atoms with E-state index in [0.29, 0.717) is 25.6 Å². The van der Waals surface area contributed by atoms with Gasteiger partial charge in [0.15, 0.2) is 0 Å². The molecule has 0 N–H and O–H groups in total. The van der Waals surface area contributed by atoms with Crippen molar-refractivity contribution in [1.29, 1.82) is 0 Å². The zero-order chi connectivity index (χ0) is 17.9. The quantitative estimate of drug-likeness (QED) is 0.794. The van der Waals surface area contributed by atoms with Crippen LogP contribution in [0.15, 0.2) is 18.5 Å². The normalized spacial score (nSPS) is 22.2. The van der Waals surface area contributed by atoms with Gasteiger partial charge < -0.3 is 14.4 Å². The van der Waals surface area contributed by atoms with Gasteiger partial charge in [-0.3, -0.25) is 9.78 Å². The summed E-state index contributed by atoms with van der Waals surface area (Å²) in [5, 5.41) is 0. The molecule has 5 heteroatoms. The van der Waals surface area contributed by atoms with E-state index < -0.39 is 0 Å². The number of carbonyl (C=O) groups excluding carboxylic acids is 1. The van der Waals surface area contributed by atoms with Crippen molar-refractivity contribution in [1.82, 2.24) is 9.88 Å². The molecule has 1 atom stereocenters. The van der Waals surface area contributed by atoms with Crippen LogP contribution in [-0.2, 0) is 20.9 Å². The van der Waals surface area contributed by atoms with Gasteiger partial charge in [-0.2, -0.15) is 0 Å². The number of aromatic nitrogens is 1. The van der Waals surface area contributed by atoms with E-state index >= 15 is 0 Å². The predicted molar refractivity (Wildman–Crippen MR) is 96.1 cm³/mol. The van der Waals surface area contributed by atoms with Crippen molar-refractivity contribution in [2.75, 3.05) is 19.7 Å². The van der Waals surface area contributed by atoms with Crippen LogP contribution in [0, 0.1) is 12.8 Å². The lowest BCUT2D eigenvalue weighted by Crippen LogP contribution is -2.67. The molecule has 1 aromatic heterocycles. The molecule has 2 saturated heterocycles. The monoisotopic (exact) mass is 346 g/mol. The van der Waals surface area contributed by atoms with Crippen molar-refractivity contribution in [3.63, 3.8) is 0 Å². The first-order valence-electron chi connectivity index (χ1n) is 9.40. The zero-order valence-electron chi connectivity index (χ0n) is 15.7. The van der Waals surface area contributed by atoms with Crippen molar-refractivity contribution in [3.8, 4) is 0 Å². The van der Waals surface area contributed by atoms with Gasteiger partial charge in [-0.15, -0.1) is 0 Å². The Balaban J connectivity index is 1.46. The number of hydrogen-bond acceptors (Lipinski definition) is 4. The third-order valence-electron chi connectivity index (χ3n) is 5.32. The first kappa shape index (κ1) is 18.3. The molecule has 0 saturated carbocycles. The number of nitrogens with zero attached hydrogens (tertiary/aromatic N) is 2. The second-order valence-electron chi connectivity index (χ2n) is 7.94. The maximum Gasteiger partial charge on any atom is 0.222 e. The van der Waals surface area contributed by atoms with Crippen LogP contribution in [0.2, 0.25) is 0 Å². The maximum absolute atomic E-state index is 12.2. The highest BCUT2D eigenvalue weighted by Crippen LogP contribution is 2.36. The Bertz CT molecular complexity index is 596. The number of rotatable bonds is 6. The van der Waals surface area contributed by atoms with Crippen LogP contribution in [0.5, 0.6) is 0 Å². The highest BCUT2D eigenvalue weighted by molar-refractivity contribution is 5.77. The summed E-state index contributed by atoms with van der Waals surface area (Å²) in [5.41, 5.74) is 2.17. The van der Waals surface area contributed by atoms with Crippen molar-refractivity contribution < 1.29 is 14.3 Å². The molecule has 1 aromatic rings. The van der Waals surface area contributed by atoms with E-state index in [0.717, 1.165) is 37.9 Å². The molecule has 2 aliphatic heterocycles. The summed E-state index contributed by atoms with van der Waals surface area (Å²) in [6.07, 6.45) is 7.28. The molecule has 2 fully saturated rings. The molecular weight excluding hydrogens is 316 g/mol. The van der Waals surface area contributed by atoms with Gasteiger partial charge in [0, 0.05) is 31.8 Å². The van der Waals surface area contributed by atoms with Gasteiger partial charge in [-0.1, -0.05) is 13.8 Å². The number of hydrogen-bond donors (Lipinski definition) is 0. The van der Waals surface area contributed by atoms with Crippen molar-refractivity contribution in [2.24, 2.45) is 5.92 Å². The molecule has 138 valence electrons. The van der Waals surface area contributed by atoms with Gasteiger partial charge in [0.05, 0.1) is 25.8 Å². The van der Waals surface area contributed by atoms with Gasteiger partial charge in [-0.25, -0.2) is 0 Å². The summed E-state index contributed by atoms with van der Waals surface area (Å²) < 4.78 is 12.2. The van der Waals surface area contributed by atoms with Gasteiger partial charge in [-0.05, 0) is 42.9 Å². The molecule has 3 heterocycles. The highest BCUT2D eigenvalue weighted by Gasteiger charge is 2.49. The van der Waals surface area contributed by atoms with Gasteiger partial charge in [0.1, 0.15) is 5.60 Å². The molecule has 1 spiro atoms. The summed E-state index contributed by atoms with van der Waals surface area (Å²) in [6.45, 7) is 9.13. The number of carbonyl (C=O) groups is 1. The fraction of sp³-hybridized carbons (Fsp3) is 0.700. The van der Waals surface area contributed by atoms with Crippen LogP contribution in [0.1, 0.15) is 50.7 Å². The van der Waals surface area contributed by atoms with E-state index in [1.807, 2.05) is 23.4 Å². The average Bonchev–Trinajstić information content (AvgIpc) is 2.57. The van der Waals surface area contributed by atoms with Crippen LogP contribution in [-0.4, -0.2) is 47.2 Å². The maximum atomic E-state index is 12.2. The molecular formula is C20H30N2O3. The Labute approximate surface area is 150 Å². The molecule has 0 bridgehead atoms. The van der Waals surface area contributed by atoms with Crippen LogP contribution in [0.25, 0.3) is 0 Å². The molecule has 3 rings (SSSR count). The van der Waals surface area contributed by atoms with E-state index in [-0.39, 0.29) is 17.6 Å². The lowest BCUT2D eigenvalue weighted by Gasteiger charge is -2.53. The van der Waals surface area contributed by atoms with Gasteiger partial charge >= 0.3 is 0 Å². The fourth-order valence-electron chi connectivity index (χ4n) is 3.60. The van der Waals surface area contributed by atoms with E-state index in [9.17, 15) is 4.79 Å². The van der Waals surface area contributed by atoms with Gasteiger partial charge in [0.2, 0.25) is 5.91 Å². The highest BCUT2D eigenvalue weighted by atomic mass is 16.5. The van der Waals surface area contributed by atoms with Crippen LogP contribution in [0.4, 0.5) is 0 Å². The fourth-order valence-corrected chi connectivity index (χ4v) is 3.60. The second kappa shape index (κ2) is 7.83. The van der Waals surface area contributed by atoms with Crippen LogP contribution in [0.3, 0.4) is 0 Å². The molecule has 5 nitrogen and oxygen atoms in total. The number of aryl methyl sites for hydroxylation is 1. The van der Waals surface area contributed by atoms with E-state index in [1.54, 1.807) is 0 Å². The van der Waals surface area contributed by atoms with Gasteiger partial charge in [0.25, 0.3) is 0 Å². The molecule has 0 unspecified atom stereocenters. The van der Waals surface area contributed by atoms with E-state index in [4.69, 9.17) is 9.47 Å². The molecule has 0 aliphatic carbocycles. The average molecular weight is 346 g/mol. The Morgan fingerprint density at radius 2 is 2.28 bits per heavy atom. The first-order valence-corrected chi connectivity index (χ1v) is 9.40. The molecule has 2 aliphatic rings. The van der Waals surface area contributed by atoms with E-state index in [2.05, 4.69) is 25.8 Å². The molecule has 0 radical (unpaired) electrons. The third-order valence-corrected chi connectivity index (χ3v) is 5.32. The molecule has 0 aromatic carbocycles. The van der Waals surface area contributed by atoms with Crippen molar-refractivity contribution >= 4 is 5.91 Å². The summed E-state index contributed by atoms with van der Waals surface area (Å²) in [7, 11) is 0. The minimum atomic E-state index is -0.180. The smallest absolute Gasteiger partial charge is 0.222 e. The third kappa shape index (κ3) is 4.59. The Kier molecular flexibility index (Phi) is 5.74. The van der Waals surface area contributed by atoms with E-state index in [1.165, 1.54) is 5.56 Å². The summed E-state index contributed by atoms with van der Waals surface area (Å²) in [6, 6.07) is 2.01.